The van der Waals surface area contributed by atoms with Crippen LogP contribution in [0.25, 0.3) is 10.7 Å². The van der Waals surface area contributed by atoms with E-state index in [1.165, 1.54) is 0 Å². The molecule has 3 heterocycles. The Bertz CT molecular complexity index is 872. The zero-order valence-corrected chi connectivity index (χ0v) is 14.8. The van der Waals surface area contributed by atoms with Gasteiger partial charge in [0.1, 0.15) is 0 Å². The van der Waals surface area contributed by atoms with Crippen molar-refractivity contribution in [1.82, 2.24) is 15.0 Å². The third-order valence-corrected chi connectivity index (χ3v) is 5.37. The number of likely N-dealkylation sites (tertiary alicyclic amines) is 1. The van der Waals surface area contributed by atoms with Gasteiger partial charge in [0.2, 0.25) is 11.7 Å². The van der Waals surface area contributed by atoms with Crippen LogP contribution in [0.3, 0.4) is 0 Å². The highest BCUT2D eigenvalue weighted by Crippen LogP contribution is 2.29. The summed E-state index contributed by atoms with van der Waals surface area (Å²) in [4.78, 5) is 20.2. The zero-order chi connectivity index (χ0) is 17.2. The number of piperidine rings is 1. The summed E-state index contributed by atoms with van der Waals surface area (Å²) < 4.78 is 5.49. The van der Waals surface area contributed by atoms with Crippen LogP contribution in [0.2, 0.25) is 0 Å². The molecule has 1 saturated heterocycles. The summed E-state index contributed by atoms with van der Waals surface area (Å²) in [7, 11) is 0. The van der Waals surface area contributed by atoms with Gasteiger partial charge in [0, 0.05) is 18.7 Å². The van der Waals surface area contributed by atoms with Crippen LogP contribution in [0.5, 0.6) is 0 Å². The molecular weight excluding hydrogens is 334 g/mol. The molecule has 4 rings (SSSR count). The molecule has 1 atom stereocenters. The van der Waals surface area contributed by atoms with Gasteiger partial charge in [-0.25, -0.2) is 0 Å². The van der Waals surface area contributed by atoms with Crippen LogP contribution in [0.1, 0.15) is 40.6 Å². The van der Waals surface area contributed by atoms with Gasteiger partial charge in [0.25, 0.3) is 5.91 Å². The van der Waals surface area contributed by atoms with Crippen LogP contribution >= 0.6 is 11.3 Å². The van der Waals surface area contributed by atoms with Gasteiger partial charge in [0.05, 0.1) is 10.8 Å². The van der Waals surface area contributed by atoms with Crippen LogP contribution in [0.4, 0.5) is 0 Å². The number of amides is 1. The Morgan fingerprint density at radius 3 is 3.04 bits per heavy atom. The molecule has 6 heteroatoms. The molecule has 1 aliphatic heterocycles. The van der Waals surface area contributed by atoms with E-state index < -0.39 is 0 Å². The number of rotatable bonds is 3. The number of carbonyl (C=O) groups is 1. The molecule has 2 aromatic heterocycles. The molecule has 128 valence electrons. The van der Waals surface area contributed by atoms with Gasteiger partial charge in [0.15, 0.2) is 0 Å². The maximum absolute atomic E-state index is 12.8. The van der Waals surface area contributed by atoms with Gasteiger partial charge < -0.3 is 9.42 Å². The predicted octanol–water partition coefficient (Wildman–Crippen LogP) is 4.13. The van der Waals surface area contributed by atoms with E-state index in [0.717, 1.165) is 35.4 Å². The highest BCUT2D eigenvalue weighted by molar-refractivity contribution is 7.13. The molecule has 3 aromatic rings. The minimum atomic E-state index is 0.0754. The normalized spacial score (nSPS) is 17.6. The number of aryl methyl sites for hydroxylation is 1. The van der Waals surface area contributed by atoms with Crippen molar-refractivity contribution in [1.29, 1.82) is 0 Å². The lowest BCUT2D eigenvalue weighted by molar-refractivity contribution is 0.0695. The fourth-order valence-electron chi connectivity index (χ4n) is 3.23. The number of aromatic nitrogens is 2. The van der Waals surface area contributed by atoms with Gasteiger partial charge in [-0.15, -0.1) is 11.3 Å². The smallest absolute Gasteiger partial charge is 0.253 e. The van der Waals surface area contributed by atoms with Crippen molar-refractivity contribution < 1.29 is 9.32 Å². The number of nitrogens with zero attached hydrogens (tertiary/aromatic N) is 3. The van der Waals surface area contributed by atoms with E-state index in [1.807, 2.05) is 53.6 Å². The van der Waals surface area contributed by atoms with Crippen molar-refractivity contribution in [3.63, 3.8) is 0 Å². The van der Waals surface area contributed by atoms with E-state index in [1.54, 1.807) is 11.3 Å². The molecule has 0 aliphatic carbocycles. The molecule has 1 aromatic carbocycles. The van der Waals surface area contributed by atoms with Crippen molar-refractivity contribution >= 4 is 17.2 Å². The maximum atomic E-state index is 12.8. The van der Waals surface area contributed by atoms with E-state index in [9.17, 15) is 4.79 Å². The zero-order valence-electron chi connectivity index (χ0n) is 14.0. The lowest BCUT2D eigenvalue weighted by atomic mass is 9.97. The molecule has 1 aliphatic rings. The molecule has 0 saturated carbocycles. The fourth-order valence-corrected chi connectivity index (χ4v) is 3.88. The van der Waals surface area contributed by atoms with Crippen molar-refractivity contribution in [2.75, 3.05) is 13.1 Å². The minimum Gasteiger partial charge on any atom is -0.339 e. The van der Waals surface area contributed by atoms with Crippen molar-refractivity contribution in [3.05, 3.63) is 58.8 Å². The standard InChI is InChI=1S/C19H19N3O2S/c1-13-5-2-6-14(11-13)19(23)22-9-3-7-15(12-22)18-20-17(21-24-18)16-8-4-10-25-16/h2,4-6,8,10-11,15H,3,7,9,12H2,1H3/t15-/m0/s1. The second-order valence-corrected chi connectivity index (χ2v) is 7.34. The summed E-state index contributed by atoms with van der Waals surface area (Å²) in [6.45, 7) is 3.40. The number of thiophene rings is 1. The third-order valence-electron chi connectivity index (χ3n) is 4.51. The van der Waals surface area contributed by atoms with Crippen LogP contribution in [0.15, 0.2) is 46.3 Å². The molecule has 0 N–H and O–H groups in total. The Balaban J connectivity index is 1.50. The molecule has 0 spiro atoms. The van der Waals surface area contributed by atoms with E-state index in [4.69, 9.17) is 4.52 Å². The first-order valence-corrected chi connectivity index (χ1v) is 9.32. The molecule has 0 bridgehead atoms. The minimum absolute atomic E-state index is 0.0754. The quantitative estimate of drug-likeness (QED) is 0.710. The molecule has 5 nitrogen and oxygen atoms in total. The Labute approximate surface area is 150 Å². The molecule has 0 unspecified atom stereocenters. The SMILES string of the molecule is Cc1cccc(C(=O)N2CCC[C@H](c3nc(-c4cccs4)no3)C2)c1. The second-order valence-electron chi connectivity index (χ2n) is 6.39. The first kappa shape index (κ1) is 16.0. The number of hydrogen-bond acceptors (Lipinski definition) is 5. The van der Waals surface area contributed by atoms with Gasteiger partial charge in [-0.3, -0.25) is 4.79 Å². The summed E-state index contributed by atoms with van der Waals surface area (Å²) in [6.07, 6.45) is 1.91. The number of carbonyl (C=O) groups excluding carboxylic acids is 1. The molecule has 1 fully saturated rings. The van der Waals surface area contributed by atoms with Gasteiger partial charge in [-0.1, -0.05) is 28.9 Å². The third kappa shape index (κ3) is 3.35. The van der Waals surface area contributed by atoms with E-state index >= 15 is 0 Å². The predicted molar refractivity (Wildman–Crippen MR) is 96.7 cm³/mol. The Morgan fingerprint density at radius 2 is 2.24 bits per heavy atom. The summed E-state index contributed by atoms with van der Waals surface area (Å²) in [5.41, 5.74) is 1.84. The highest BCUT2D eigenvalue weighted by Gasteiger charge is 2.29. The van der Waals surface area contributed by atoms with Crippen LogP contribution < -0.4 is 0 Å². The fraction of sp³-hybridized carbons (Fsp3) is 0.316. The number of benzene rings is 1. The number of hydrogen-bond donors (Lipinski definition) is 0. The highest BCUT2D eigenvalue weighted by atomic mass is 32.1. The van der Waals surface area contributed by atoms with Crippen molar-refractivity contribution in [2.45, 2.75) is 25.7 Å². The van der Waals surface area contributed by atoms with Gasteiger partial charge >= 0.3 is 0 Å². The lowest BCUT2D eigenvalue weighted by Crippen LogP contribution is -2.39. The molecule has 25 heavy (non-hydrogen) atoms. The second kappa shape index (κ2) is 6.80. The first-order valence-electron chi connectivity index (χ1n) is 8.44. The van der Waals surface area contributed by atoms with E-state index in [0.29, 0.717) is 18.3 Å². The maximum Gasteiger partial charge on any atom is 0.253 e. The van der Waals surface area contributed by atoms with Crippen molar-refractivity contribution in [2.24, 2.45) is 0 Å². The average Bonchev–Trinajstić information content (AvgIpc) is 3.32. The summed E-state index contributed by atoms with van der Waals surface area (Å²) >= 11 is 1.59. The summed E-state index contributed by atoms with van der Waals surface area (Å²) in [6, 6.07) is 11.7. The Hall–Kier alpha value is -2.47. The van der Waals surface area contributed by atoms with Gasteiger partial charge in [-0.2, -0.15) is 4.98 Å². The largest absolute Gasteiger partial charge is 0.339 e. The molecule has 1 amide bonds. The monoisotopic (exact) mass is 353 g/mol. The summed E-state index contributed by atoms with van der Waals surface area (Å²) in [5.74, 6) is 1.44. The molecule has 0 radical (unpaired) electrons. The van der Waals surface area contributed by atoms with Crippen LogP contribution in [0, 0.1) is 6.92 Å². The van der Waals surface area contributed by atoms with Gasteiger partial charge in [-0.05, 0) is 43.3 Å². The topological polar surface area (TPSA) is 59.2 Å². The van der Waals surface area contributed by atoms with E-state index in [2.05, 4.69) is 10.1 Å². The Morgan fingerprint density at radius 1 is 1.32 bits per heavy atom. The summed E-state index contributed by atoms with van der Waals surface area (Å²) in [5, 5.41) is 6.09. The average molecular weight is 353 g/mol. The van der Waals surface area contributed by atoms with Crippen LogP contribution in [-0.4, -0.2) is 34.0 Å². The molecular formula is C19H19N3O2S. The van der Waals surface area contributed by atoms with Crippen LogP contribution in [-0.2, 0) is 0 Å². The Kier molecular flexibility index (Phi) is 4.36. The van der Waals surface area contributed by atoms with E-state index in [-0.39, 0.29) is 11.8 Å². The first-order chi connectivity index (χ1) is 12.2. The van der Waals surface area contributed by atoms with Crippen molar-refractivity contribution in [3.8, 4) is 10.7 Å². The lowest BCUT2D eigenvalue weighted by Gasteiger charge is -2.31.